The zero-order chi connectivity index (χ0) is 14.5. The van der Waals surface area contributed by atoms with Gasteiger partial charge in [-0.2, -0.15) is 5.10 Å². The topological polar surface area (TPSA) is 101 Å². The van der Waals surface area contributed by atoms with Crippen molar-refractivity contribution in [2.75, 3.05) is 13.2 Å². The van der Waals surface area contributed by atoms with Gasteiger partial charge in [-0.3, -0.25) is 5.10 Å². The van der Waals surface area contributed by atoms with Gasteiger partial charge in [0, 0.05) is 12.2 Å². The highest BCUT2D eigenvalue weighted by atomic mass is 16.5. The van der Waals surface area contributed by atoms with E-state index in [9.17, 15) is 9.59 Å². The first-order chi connectivity index (χ1) is 9.63. The first kappa shape index (κ1) is 14.4. The molecule has 1 aliphatic rings. The smallest absolute Gasteiger partial charge is 0.341 e. The number of hydrogen-bond acceptors (Lipinski definition) is 4. The van der Waals surface area contributed by atoms with Crippen LogP contribution in [0.15, 0.2) is 6.20 Å². The van der Waals surface area contributed by atoms with Gasteiger partial charge in [-0.15, -0.1) is 0 Å². The monoisotopic (exact) mass is 280 g/mol. The summed E-state index contributed by atoms with van der Waals surface area (Å²) >= 11 is 0. The molecule has 2 amide bonds. The number of rotatable bonds is 5. The number of hydrogen-bond donors (Lipinski definition) is 2. The second-order valence-corrected chi connectivity index (χ2v) is 4.94. The summed E-state index contributed by atoms with van der Waals surface area (Å²) in [6, 6.07) is -0.573. The van der Waals surface area contributed by atoms with Crippen molar-refractivity contribution in [1.29, 1.82) is 0 Å². The van der Waals surface area contributed by atoms with Crippen molar-refractivity contribution in [3.63, 3.8) is 0 Å². The molecule has 0 radical (unpaired) electrons. The molecule has 1 aliphatic heterocycles. The molecular weight excluding hydrogens is 260 g/mol. The molecule has 0 saturated carbocycles. The third-order valence-corrected chi connectivity index (χ3v) is 3.51. The van der Waals surface area contributed by atoms with E-state index in [2.05, 4.69) is 10.2 Å². The van der Waals surface area contributed by atoms with E-state index >= 15 is 0 Å². The van der Waals surface area contributed by atoms with E-state index in [1.54, 1.807) is 4.90 Å². The molecule has 0 bridgehead atoms. The fraction of sp³-hybridized carbons (Fsp3) is 0.615. The normalized spacial score (nSPS) is 18.2. The predicted molar refractivity (Wildman–Crippen MR) is 72.2 cm³/mol. The maximum absolute atomic E-state index is 12.0. The lowest BCUT2D eigenvalue weighted by Gasteiger charge is -2.22. The Bertz CT molecular complexity index is 486. The van der Waals surface area contributed by atoms with Gasteiger partial charge in [0.1, 0.15) is 12.2 Å². The van der Waals surface area contributed by atoms with Gasteiger partial charge in [0.15, 0.2) is 0 Å². The highest BCUT2D eigenvalue weighted by Gasteiger charge is 2.28. The van der Waals surface area contributed by atoms with Gasteiger partial charge >= 0.3 is 12.0 Å². The van der Waals surface area contributed by atoms with Gasteiger partial charge in [-0.1, -0.05) is 13.3 Å². The van der Waals surface area contributed by atoms with Crippen molar-refractivity contribution in [1.82, 2.24) is 15.1 Å². The molecule has 3 N–H and O–H groups in total. The molecule has 0 spiro atoms. The number of nitrogens with zero attached hydrogens (tertiary/aromatic N) is 2. The summed E-state index contributed by atoms with van der Waals surface area (Å²) in [5.41, 5.74) is 6.54. The molecule has 1 fully saturated rings. The Labute approximate surface area is 117 Å². The molecule has 2 rings (SSSR count). The lowest BCUT2D eigenvalue weighted by molar-refractivity contribution is 0.0421. The first-order valence-corrected chi connectivity index (χ1v) is 6.89. The van der Waals surface area contributed by atoms with Gasteiger partial charge < -0.3 is 15.4 Å². The molecule has 1 atom stereocenters. The highest BCUT2D eigenvalue weighted by molar-refractivity contribution is 5.90. The number of esters is 1. The largest absolute Gasteiger partial charge is 0.460 e. The van der Waals surface area contributed by atoms with E-state index in [0.717, 1.165) is 31.4 Å². The average molecular weight is 280 g/mol. The number of likely N-dealkylation sites (tertiary alicyclic amines) is 1. The first-order valence-electron chi connectivity index (χ1n) is 6.89. The molecule has 7 nitrogen and oxygen atoms in total. The zero-order valence-corrected chi connectivity index (χ0v) is 11.6. The van der Waals surface area contributed by atoms with Gasteiger partial charge in [-0.05, 0) is 19.3 Å². The molecule has 1 saturated heterocycles. The van der Waals surface area contributed by atoms with Crippen LogP contribution < -0.4 is 5.73 Å². The van der Waals surface area contributed by atoms with E-state index in [1.165, 1.54) is 6.20 Å². The second-order valence-electron chi connectivity index (χ2n) is 4.94. The minimum atomic E-state index is -0.460. The fourth-order valence-electron chi connectivity index (χ4n) is 2.48. The Morgan fingerprint density at radius 2 is 2.40 bits per heavy atom. The number of carbonyl (C=O) groups is 2. The summed E-state index contributed by atoms with van der Waals surface area (Å²) in [7, 11) is 0. The molecule has 2 heterocycles. The number of aromatic nitrogens is 2. The number of nitrogens with one attached hydrogen (secondary N) is 1. The number of primary amides is 1. The number of urea groups is 1. The van der Waals surface area contributed by atoms with Crippen LogP contribution in [-0.4, -0.2) is 46.3 Å². The van der Waals surface area contributed by atoms with Crippen molar-refractivity contribution >= 4 is 12.0 Å². The molecule has 1 aromatic rings. The Hall–Kier alpha value is -2.05. The minimum Gasteiger partial charge on any atom is -0.460 e. The maximum Gasteiger partial charge on any atom is 0.341 e. The van der Waals surface area contributed by atoms with Crippen LogP contribution in [0.3, 0.4) is 0 Å². The van der Waals surface area contributed by atoms with Gasteiger partial charge in [0.25, 0.3) is 0 Å². The van der Waals surface area contributed by atoms with Crippen molar-refractivity contribution in [2.45, 2.75) is 38.6 Å². The maximum atomic E-state index is 12.0. The number of aromatic amines is 1. The Morgan fingerprint density at radius 3 is 3.10 bits per heavy atom. The number of amides is 2. The van der Waals surface area contributed by atoms with E-state index < -0.39 is 12.0 Å². The highest BCUT2D eigenvalue weighted by Crippen LogP contribution is 2.18. The van der Waals surface area contributed by atoms with Crippen LogP contribution in [0.1, 0.15) is 42.2 Å². The number of H-pyrrole nitrogens is 1. The van der Waals surface area contributed by atoms with E-state index in [4.69, 9.17) is 10.5 Å². The average Bonchev–Trinajstić information content (AvgIpc) is 3.04. The molecule has 0 unspecified atom stereocenters. The number of nitrogens with two attached hydrogens (primary N) is 1. The zero-order valence-electron chi connectivity index (χ0n) is 11.6. The standard InChI is InChI=1S/C13H20N4O3/c1-2-4-11-10(7-15-16-11)12(18)20-8-9-5-3-6-17(9)13(14)19/h7,9H,2-6,8H2,1H3,(H2,14,19)(H,15,16)/t9-/m0/s1. The summed E-state index contributed by atoms with van der Waals surface area (Å²) < 4.78 is 5.29. The van der Waals surface area contributed by atoms with E-state index in [0.29, 0.717) is 12.1 Å². The number of ether oxygens (including phenoxy) is 1. The van der Waals surface area contributed by atoms with Crippen LogP contribution in [0.5, 0.6) is 0 Å². The Balaban J connectivity index is 1.91. The molecule has 110 valence electrons. The van der Waals surface area contributed by atoms with Crippen LogP contribution >= 0.6 is 0 Å². The third kappa shape index (κ3) is 3.09. The van der Waals surface area contributed by atoms with Crippen molar-refractivity contribution in [3.05, 3.63) is 17.5 Å². The minimum absolute atomic E-state index is 0.113. The predicted octanol–water partition coefficient (Wildman–Crippen LogP) is 1.06. The van der Waals surface area contributed by atoms with Crippen LogP contribution in [0, 0.1) is 0 Å². The van der Waals surface area contributed by atoms with Crippen molar-refractivity contribution < 1.29 is 14.3 Å². The summed E-state index contributed by atoms with van der Waals surface area (Å²) in [5.74, 6) is -0.404. The van der Waals surface area contributed by atoms with E-state index in [-0.39, 0.29) is 12.6 Å². The van der Waals surface area contributed by atoms with Crippen LogP contribution in [-0.2, 0) is 11.2 Å². The van der Waals surface area contributed by atoms with Crippen LogP contribution in [0.25, 0.3) is 0 Å². The van der Waals surface area contributed by atoms with Gasteiger partial charge in [0.05, 0.1) is 12.2 Å². The SMILES string of the molecule is CCCc1[nH]ncc1C(=O)OC[C@@H]1CCCN1C(N)=O. The third-order valence-electron chi connectivity index (χ3n) is 3.51. The quantitative estimate of drug-likeness (QED) is 0.787. The van der Waals surface area contributed by atoms with Gasteiger partial charge in [0.2, 0.25) is 0 Å². The summed E-state index contributed by atoms with van der Waals surface area (Å²) in [6.07, 6.45) is 4.84. The molecule has 0 aromatic carbocycles. The summed E-state index contributed by atoms with van der Waals surface area (Å²) in [4.78, 5) is 24.8. The molecule has 1 aromatic heterocycles. The molecular formula is C13H20N4O3. The van der Waals surface area contributed by atoms with Crippen molar-refractivity contribution in [3.8, 4) is 0 Å². The fourth-order valence-corrected chi connectivity index (χ4v) is 2.48. The lowest BCUT2D eigenvalue weighted by atomic mass is 10.1. The molecule has 20 heavy (non-hydrogen) atoms. The van der Waals surface area contributed by atoms with Crippen LogP contribution in [0.4, 0.5) is 4.79 Å². The summed E-state index contributed by atoms with van der Waals surface area (Å²) in [6.45, 7) is 2.84. The Kier molecular flexibility index (Phi) is 4.60. The molecule has 7 heteroatoms. The number of carbonyl (C=O) groups excluding carboxylic acids is 2. The lowest BCUT2D eigenvalue weighted by Crippen LogP contribution is -2.42. The molecule has 0 aliphatic carbocycles. The second kappa shape index (κ2) is 6.40. The summed E-state index contributed by atoms with van der Waals surface area (Å²) in [5, 5.41) is 6.68. The van der Waals surface area contributed by atoms with Gasteiger partial charge in [-0.25, -0.2) is 9.59 Å². The van der Waals surface area contributed by atoms with E-state index in [1.807, 2.05) is 6.92 Å². The van der Waals surface area contributed by atoms with Crippen molar-refractivity contribution in [2.24, 2.45) is 5.73 Å². The van der Waals surface area contributed by atoms with Crippen LogP contribution in [0.2, 0.25) is 0 Å². The number of aryl methyl sites for hydroxylation is 1. The Morgan fingerprint density at radius 1 is 1.60 bits per heavy atom.